The summed E-state index contributed by atoms with van der Waals surface area (Å²) in [6.45, 7) is 4.12. The second kappa shape index (κ2) is 9.36. The smallest absolute Gasteiger partial charge is 0.387 e. The Morgan fingerprint density at radius 2 is 1.52 bits per heavy atom. The summed E-state index contributed by atoms with van der Waals surface area (Å²) in [4.78, 5) is 24.4. The van der Waals surface area contributed by atoms with Crippen LogP contribution in [0.1, 0.15) is 27.7 Å². The molecule has 2 amide bonds. The summed E-state index contributed by atoms with van der Waals surface area (Å²) < 4.78 is 29.4. The van der Waals surface area contributed by atoms with Gasteiger partial charge in [-0.25, -0.2) is 0 Å². The maximum Gasteiger partial charge on any atom is 0.387 e. The minimum absolute atomic E-state index is 0.101. The fourth-order valence-corrected chi connectivity index (χ4v) is 2.29. The largest absolute Gasteiger partial charge is 0.433 e. The third-order valence-corrected chi connectivity index (χ3v) is 3.96. The number of hydrogen-bond acceptors (Lipinski definition) is 4. The maximum atomic E-state index is 12.5. The summed E-state index contributed by atoms with van der Waals surface area (Å²) in [6, 6.07) is 12.2. The highest BCUT2D eigenvalue weighted by Gasteiger charge is 2.21. The van der Waals surface area contributed by atoms with Crippen LogP contribution in [0.5, 0.6) is 5.75 Å². The topological polar surface area (TPSA) is 79.5 Å². The van der Waals surface area contributed by atoms with Gasteiger partial charge >= 0.3 is 6.61 Å². The van der Waals surface area contributed by atoms with Crippen LogP contribution in [0.15, 0.2) is 48.5 Å². The summed E-state index contributed by atoms with van der Waals surface area (Å²) >= 11 is 0. The Morgan fingerprint density at radius 3 is 2.10 bits per heavy atom. The molecule has 0 spiro atoms. The van der Waals surface area contributed by atoms with Gasteiger partial charge in [0.25, 0.3) is 0 Å². The number of amides is 2. The van der Waals surface area contributed by atoms with Gasteiger partial charge in [-0.3, -0.25) is 9.59 Å². The first-order chi connectivity index (χ1) is 13.6. The van der Waals surface area contributed by atoms with E-state index in [0.717, 1.165) is 0 Å². The van der Waals surface area contributed by atoms with Crippen LogP contribution in [0.25, 0.3) is 0 Å². The summed E-state index contributed by atoms with van der Waals surface area (Å²) in [6.07, 6.45) is 0. The molecule has 0 saturated heterocycles. The molecule has 0 aromatic heterocycles. The molecule has 0 aliphatic carbocycles. The SMILES string of the molecule is CC(Nc1ccc(NC(=O)C(C)(C)C)cc1)C(=O)Nc1ccccc1OC(F)F. The minimum atomic E-state index is -2.99. The molecule has 0 aliphatic rings. The Balaban J connectivity index is 1.97. The van der Waals surface area contributed by atoms with E-state index in [4.69, 9.17) is 0 Å². The zero-order valence-electron chi connectivity index (χ0n) is 16.8. The lowest BCUT2D eigenvalue weighted by Gasteiger charge is -2.19. The summed E-state index contributed by atoms with van der Waals surface area (Å²) in [5.74, 6) is -0.627. The molecule has 0 bridgehead atoms. The zero-order valence-corrected chi connectivity index (χ0v) is 16.8. The molecule has 0 saturated carbocycles. The quantitative estimate of drug-likeness (QED) is 0.623. The fraction of sp³-hybridized carbons (Fsp3) is 0.333. The number of hydrogen-bond donors (Lipinski definition) is 3. The molecule has 29 heavy (non-hydrogen) atoms. The number of para-hydroxylation sites is 2. The predicted molar refractivity (Wildman–Crippen MR) is 109 cm³/mol. The highest BCUT2D eigenvalue weighted by Crippen LogP contribution is 2.26. The zero-order chi connectivity index (χ0) is 21.6. The van der Waals surface area contributed by atoms with E-state index in [1.165, 1.54) is 18.2 Å². The molecule has 2 aromatic carbocycles. The molecule has 6 nitrogen and oxygen atoms in total. The van der Waals surface area contributed by atoms with Crippen molar-refractivity contribution in [2.75, 3.05) is 16.0 Å². The number of carbonyl (C=O) groups is 2. The second-order valence-corrected chi connectivity index (χ2v) is 7.51. The van der Waals surface area contributed by atoms with Crippen molar-refractivity contribution in [3.05, 3.63) is 48.5 Å². The van der Waals surface area contributed by atoms with Crippen LogP contribution < -0.4 is 20.7 Å². The van der Waals surface area contributed by atoms with Crippen LogP contribution in [0, 0.1) is 5.41 Å². The number of rotatable bonds is 7. The van der Waals surface area contributed by atoms with Crippen molar-refractivity contribution in [1.82, 2.24) is 0 Å². The van der Waals surface area contributed by atoms with Crippen LogP contribution in [0.2, 0.25) is 0 Å². The van der Waals surface area contributed by atoms with Crippen molar-refractivity contribution in [1.29, 1.82) is 0 Å². The predicted octanol–water partition coefficient (Wildman–Crippen LogP) is 4.71. The van der Waals surface area contributed by atoms with Gasteiger partial charge in [0.1, 0.15) is 11.8 Å². The molecule has 0 fully saturated rings. The van der Waals surface area contributed by atoms with Gasteiger partial charge in [0.15, 0.2) is 0 Å². The molecular weight excluding hydrogens is 380 g/mol. The molecular formula is C21H25F2N3O3. The number of anilines is 3. The van der Waals surface area contributed by atoms with Crippen LogP contribution in [0.3, 0.4) is 0 Å². The molecule has 156 valence electrons. The van der Waals surface area contributed by atoms with Crippen molar-refractivity contribution in [2.45, 2.75) is 40.3 Å². The van der Waals surface area contributed by atoms with E-state index in [2.05, 4.69) is 20.7 Å². The van der Waals surface area contributed by atoms with E-state index in [1.54, 1.807) is 37.3 Å². The van der Waals surface area contributed by atoms with Crippen LogP contribution in [0.4, 0.5) is 25.8 Å². The van der Waals surface area contributed by atoms with Gasteiger partial charge in [-0.1, -0.05) is 32.9 Å². The molecule has 0 heterocycles. The van der Waals surface area contributed by atoms with Gasteiger partial charge in [0, 0.05) is 16.8 Å². The van der Waals surface area contributed by atoms with Gasteiger partial charge in [-0.15, -0.1) is 0 Å². The molecule has 0 radical (unpaired) electrons. The lowest BCUT2D eigenvalue weighted by molar-refractivity contribution is -0.123. The second-order valence-electron chi connectivity index (χ2n) is 7.51. The first kappa shape index (κ1) is 22.1. The van der Waals surface area contributed by atoms with E-state index in [1.807, 2.05) is 20.8 Å². The summed E-state index contributed by atoms with van der Waals surface area (Å²) in [5.41, 5.74) is 0.962. The maximum absolute atomic E-state index is 12.5. The minimum Gasteiger partial charge on any atom is -0.433 e. The third-order valence-electron chi connectivity index (χ3n) is 3.96. The van der Waals surface area contributed by atoms with Gasteiger partial charge < -0.3 is 20.7 Å². The van der Waals surface area contributed by atoms with Gasteiger partial charge in [0.05, 0.1) is 5.69 Å². The van der Waals surface area contributed by atoms with E-state index in [-0.39, 0.29) is 17.3 Å². The van der Waals surface area contributed by atoms with E-state index in [0.29, 0.717) is 11.4 Å². The number of nitrogens with one attached hydrogen (secondary N) is 3. The average Bonchev–Trinajstić information content (AvgIpc) is 2.63. The Morgan fingerprint density at radius 1 is 0.931 bits per heavy atom. The number of halogens is 2. The fourth-order valence-electron chi connectivity index (χ4n) is 2.29. The van der Waals surface area contributed by atoms with E-state index in [9.17, 15) is 18.4 Å². The van der Waals surface area contributed by atoms with Crippen molar-refractivity contribution in [3.8, 4) is 5.75 Å². The summed E-state index contributed by atoms with van der Waals surface area (Å²) in [7, 11) is 0. The molecule has 2 rings (SSSR count). The Bertz CT molecular complexity index is 849. The van der Waals surface area contributed by atoms with Crippen LogP contribution in [-0.2, 0) is 9.59 Å². The molecule has 1 atom stereocenters. The van der Waals surface area contributed by atoms with Crippen LogP contribution >= 0.6 is 0 Å². The average molecular weight is 405 g/mol. The molecule has 0 aliphatic heterocycles. The lowest BCUT2D eigenvalue weighted by atomic mass is 9.95. The Hall–Kier alpha value is -3.16. The van der Waals surface area contributed by atoms with E-state index >= 15 is 0 Å². The van der Waals surface area contributed by atoms with E-state index < -0.39 is 24.0 Å². The van der Waals surface area contributed by atoms with Crippen molar-refractivity contribution in [3.63, 3.8) is 0 Å². The van der Waals surface area contributed by atoms with Gasteiger partial charge in [0.2, 0.25) is 11.8 Å². The number of alkyl halides is 2. The lowest BCUT2D eigenvalue weighted by Crippen LogP contribution is -2.32. The van der Waals surface area contributed by atoms with Crippen LogP contribution in [-0.4, -0.2) is 24.5 Å². The highest BCUT2D eigenvalue weighted by atomic mass is 19.3. The third kappa shape index (κ3) is 6.74. The first-order valence-corrected chi connectivity index (χ1v) is 9.09. The Kier molecular flexibility index (Phi) is 7.14. The number of benzene rings is 2. The molecule has 2 aromatic rings. The van der Waals surface area contributed by atoms with Gasteiger partial charge in [-0.2, -0.15) is 8.78 Å². The standard InChI is InChI=1S/C21H25F2N3O3/c1-13(18(27)26-16-7-5-6-8-17(16)29-20(22)23)24-14-9-11-15(12-10-14)25-19(28)21(2,3)4/h5-13,20,24H,1-4H3,(H,25,28)(H,26,27). The van der Waals surface area contributed by atoms with Gasteiger partial charge in [-0.05, 0) is 43.3 Å². The Labute approximate surface area is 168 Å². The molecule has 1 unspecified atom stereocenters. The van der Waals surface area contributed by atoms with Crippen molar-refractivity contribution < 1.29 is 23.1 Å². The monoisotopic (exact) mass is 405 g/mol. The first-order valence-electron chi connectivity index (χ1n) is 9.09. The number of ether oxygens (including phenoxy) is 1. The summed E-state index contributed by atoms with van der Waals surface area (Å²) in [5, 5.41) is 8.41. The molecule has 8 heteroatoms. The highest BCUT2D eigenvalue weighted by molar-refractivity contribution is 5.97. The molecule has 3 N–H and O–H groups in total. The van der Waals surface area contributed by atoms with Crippen molar-refractivity contribution in [2.24, 2.45) is 5.41 Å². The van der Waals surface area contributed by atoms with Crippen molar-refractivity contribution >= 4 is 28.9 Å². The normalized spacial score (nSPS) is 12.2. The number of carbonyl (C=O) groups excluding carboxylic acids is 2.